The SMILES string of the molecule is CCCc1nn(C)cc1CCl. The van der Waals surface area contributed by atoms with Gasteiger partial charge in [0.1, 0.15) is 0 Å². The van der Waals surface area contributed by atoms with Crippen LogP contribution in [0.25, 0.3) is 0 Å². The molecular formula is C8H13ClN2. The highest BCUT2D eigenvalue weighted by atomic mass is 35.5. The zero-order valence-corrected chi connectivity index (χ0v) is 7.73. The van der Waals surface area contributed by atoms with Crippen molar-refractivity contribution in [1.82, 2.24) is 9.78 Å². The van der Waals surface area contributed by atoms with Crippen molar-refractivity contribution >= 4 is 11.6 Å². The minimum Gasteiger partial charge on any atom is -0.275 e. The van der Waals surface area contributed by atoms with E-state index in [1.165, 1.54) is 0 Å². The molecule has 0 aliphatic carbocycles. The summed E-state index contributed by atoms with van der Waals surface area (Å²) in [5.74, 6) is 0.573. The quantitative estimate of drug-likeness (QED) is 0.639. The minimum atomic E-state index is 0.573. The minimum absolute atomic E-state index is 0.573. The maximum Gasteiger partial charge on any atom is 0.0668 e. The van der Waals surface area contributed by atoms with Gasteiger partial charge in [-0.2, -0.15) is 5.10 Å². The second-order valence-electron chi connectivity index (χ2n) is 2.66. The summed E-state index contributed by atoms with van der Waals surface area (Å²) >= 11 is 5.73. The maximum absolute atomic E-state index is 5.73. The summed E-state index contributed by atoms with van der Waals surface area (Å²) in [5.41, 5.74) is 2.31. The fourth-order valence-corrected chi connectivity index (χ4v) is 1.37. The zero-order valence-electron chi connectivity index (χ0n) is 6.97. The Morgan fingerprint density at radius 2 is 2.36 bits per heavy atom. The Labute approximate surface area is 72.2 Å². The average molecular weight is 173 g/mol. The van der Waals surface area contributed by atoms with Crippen molar-refractivity contribution in [3.63, 3.8) is 0 Å². The van der Waals surface area contributed by atoms with Crippen LogP contribution in [0.5, 0.6) is 0 Å². The smallest absolute Gasteiger partial charge is 0.0668 e. The van der Waals surface area contributed by atoms with Crippen molar-refractivity contribution in [2.45, 2.75) is 25.6 Å². The summed E-state index contributed by atoms with van der Waals surface area (Å²) in [6.07, 6.45) is 4.14. The van der Waals surface area contributed by atoms with Gasteiger partial charge < -0.3 is 0 Å². The summed E-state index contributed by atoms with van der Waals surface area (Å²) in [6, 6.07) is 0. The van der Waals surface area contributed by atoms with Gasteiger partial charge in [0, 0.05) is 18.8 Å². The molecule has 11 heavy (non-hydrogen) atoms. The standard InChI is InChI=1S/C8H13ClN2/c1-3-4-8-7(5-9)6-11(2)10-8/h6H,3-5H2,1-2H3. The molecular weight excluding hydrogens is 160 g/mol. The normalized spacial score (nSPS) is 10.5. The van der Waals surface area contributed by atoms with E-state index in [2.05, 4.69) is 12.0 Å². The van der Waals surface area contributed by atoms with Gasteiger partial charge in [0.05, 0.1) is 11.6 Å². The molecule has 0 radical (unpaired) electrons. The molecule has 1 rings (SSSR count). The maximum atomic E-state index is 5.73. The van der Waals surface area contributed by atoms with Gasteiger partial charge in [-0.05, 0) is 6.42 Å². The van der Waals surface area contributed by atoms with Gasteiger partial charge in [0.15, 0.2) is 0 Å². The molecule has 0 atom stereocenters. The summed E-state index contributed by atoms with van der Waals surface area (Å²) in [7, 11) is 1.93. The highest BCUT2D eigenvalue weighted by Gasteiger charge is 2.03. The summed E-state index contributed by atoms with van der Waals surface area (Å²) in [4.78, 5) is 0. The van der Waals surface area contributed by atoms with Crippen LogP contribution in [-0.4, -0.2) is 9.78 Å². The lowest BCUT2D eigenvalue weighted by molar-refractivity contribution is 0.733. The molecule has 0 saturated heterocycles. The lowest BCUT2D eigenvalue weighted by Gasteiger charge is -1.93. The van der Waals surface area contributed by atoms with Crippen LogP contribution in [0.1, 0.15) is 24.6 Å². The molecule has 0 saturated carbocycles. The summed E-state index contributed by atoms with van der Waals surface area (Å²) in [5, 5.41) is 4.30. The van der Waals surface area contributed by atoms with Crippen LogP contribution >= 0.6 is 11.6 Å². The molecule has 2 nitrogen and oxygen atoms in total. The van der Waals surface area contributed by atoms with Crippen LogP contribution in [0.4, 0.5) is 0 Å². The lowest BCUT2D eigenvalue weighted by Crippen LogP contribution is -1.91. The third-order valence-corrected chi connectivity index (χ3v) is 1.91. The predicted molar refractivity (Wildman–Crippen MR) is 46.8 cm³/mol. The fraction of sp³-hybridized carbons (Fsp3) is 0.625. The number of nitrogens with zero attached hydrogens (tertiary/aromatic N) is 2. The fourth-order valence-electron chi connectivity index (χ4n) is 1.14. The Morgan fingerprint density at radius 3 is 2.91 bits per heavy atom. The van der Waals surface area contributed by atoms with Gasteiger partial charge in [-0.25, -0.2) is 0 Å². The molecule has 62 valence electrons. The largest absolute Gasteiger partial charge is 0.275 e. The first kappa shape index (κ1) is 8.60. The van der Waals surface area contributed by atoms with Gasteiger partial charge in [0.25, 0.3) is 0 Å². The Kier molecular flexibility index (Phi) is 2.94. The van der Waals surface area contributed by atoms with Gasteiger partial charge in [-0.15, -0.1) is 11.6 Å². The number of hydrogen-bond donors (Lipinski definition) is 0. The molecule has 1 heterocycles. The summed E-state index contributed by atoms with van der Waals surface area (Å²) < 4.78 is 1.82. The topological polar surface area (TPSA) is 17.8 Å². The second kappa shape index (κ2) is 3.77. The number of alkyl halides is 1. The number of halogens is 1. The van der Waals surface area contributed by atoms with Crippen LogP contribution < -0.4 is 0 Å². The zero-order chi connectivity index (χ0) is 8.27. The molecule has 0 spiro atoms. The van der Waals surface area contributed by atoms with E-state index in [1.807, 2.05) is 17.9 Å². The number of rotatable bonds is 3. The first-order chi connectivity index (χ1) is 5.27. The van der Waals surface area contributed by atoms with Crippen molar-refractivity contribution in [1.29, 1.82) is 0 Å². The Bertz CT molecular complexity index is 230. The Hall–Kier alpha value is -0.500. The van der Waals surface area contributed by atoms with E-state index in [-0.39, 0.29) is 0 Å². The average Bonchev–Trinajstić information content (AvgIpc) is 2.32. The van der Waals surface area contributed by atoms with Crippen molar-refractivity contribution in [3.8, 4) is 0 Å². The molecule has 0 fully saturated rings. The van der Waals surface area contributed by atoms with Crippen LogP contribution in [0.2, 0.25) is 0 Å². The number of aryl methyl sites for hydroxylation is 2. The molecule has 0 aliphatic heterocycles. The van der Waals surface area contributed by atoms with Crippen molar-refractivity contribution in [2.24, 2.45) is 7.05 Å². The molecule has 0 aliphatic rings. The molecule has 0 aromatic carbocycles. The van der Waals surface area contributed by atoms with Gasteiger partial charge in [-0.1, -0.05) is 13.3 Å². The number of hydrogen-bond acceptors (Lipinski definition) is 1. The first-order valence-corrected chi connectivity index (χ1v) is 4.38. The van der Waals surface area contributed by atoms with Gasteiger partial charge >= 0.3 is 0 Å². The predicted octanol–water partition coefficient (Wildman–Crippen LogP) is 2.11. The van der Waals surface area contributed by atoms with E-state index in [0.29, 0.717) is 5.88 Å². The monoisotopic (exact) mass is 172 g/mol. The van der Waals surface area contributed by atoms with Crippen molar-refractivity contribution < 1.29 is 0 Å². The van der Waals surface area contributed by atoms with E-state index in [1.54, 1.807) is 0 Å². The summed E-state index contributed by atoms with van der Waals surface area (Å²) in [6.45, 7) is 2.15. The van der Waals surface area contributed by atoms with Gasteiger partial charge in [0.2, 0.25) is 0 Å². The molecule has 0 N–H and O–H groups in total. The van der Waals surface area contributed by atoms with E-state index >= 15 is 0 Å². The third kappa shape index (κ3) is 1.96. The van der Waals surface area contributed by atoms with E-state index in [9.17, 15) is 0 Å². The Balaban J connectivity index is 2.83. The number of aromatic nitrogens is 2. The van der Waals surface area contributed by atoms with Crippen LogP contribution in [0.15, 0.2) is 6.20 Å². The highest BCUT2D eigenvalue weighted by molar-refractivity contribution is 6.17. The Morgan fingerprint density at radius 1 is 1.64 bits per heavy atom. The van der Waals surface area contributed by atoms with E-state index < -0.39 is 0 Å². The molecule has 3 heteroatoms. The van der Waals surface area contributed by atoms with E-state index in [0.717, 1.165) is 24.1 Å². The molecule has 1 aromatic heterocycles. The first-order valence-electron chi connectivity index (χ1n) is 3.85. The second-order valence-corrected chi connectivity index (χ2v) is 2.93. The van der Waals surface area contributed by atoms with Crippen molar-refractivity contribution in [3.05, 3.63) is 17.5 Å². The van der Waals surface area contributed by atoms with Crippen molar-refractivity contribution in [2.75, 3.05) is 0 Å². The van der Waals surface area contributed by atoms with Crippen LogP contribution in [-0.2, 0) is 19.3 Å². The molecule has 0 bridgehead atoms. The lowest BCUT2D eigenvalue weighted by atomic mass is 10.2. The van der Waals surface area contributed by atoms with E-state index in [4.69, 9.17) is 11.6 Å². The van der Waals surface area contributed by atoms with Gasteiger partial charge in [-0.3, -0.25) is 4.68 Å². The third-order valence-electron chi connectivity index (χ3n) is 1.62. The highest BCUT2D eigenvalue weighted by Crippen LogP contribution is 2.10. The molecule has 0 amide bonds. The molecule has 1 aromatic rings. The van der Waals surface area contributed by atoms with Crippen LogP contribution in [0, 0.1) is 0 Å². The van der Waals surface area contributed by atoms with Crippen LogP contribution in [0.3, 0.4) is 0 Å². The molecule has 0 unspecified atom stereocenters.